The molecule has 0 N–H and O–H groups in total. The highest BCUT2D eigenvalue weighted by Crippen LogP contribution is 2.35. The van der Waals surface area contributed by atoms with Gasteiger partial charge in [0.2, 0.25) is 5.12 Å². The van der Waals surface area contributed by atoms with Gasteiger partial charge in [0.05, 0.1) is 14.2 Å². The summed E-state index contributed by atoms with van der Waals surface area (Å²) in [5.74, 6) is 2.13. The molecule has 0 atom stereocenters. The number of benzene rings is 1. The van der Waals surface area contributed by atoms with Crippen LogP contribution in [0.25, 0.3) is 6.08 Å². The summed E-state index contributed by atoms with van der Waals surface area (Å²) in [6, 6.07) is 5.53. The molecular weight excluding hydrogens is 294 g/mol. The fourth-order valence-electron chi connectivity index (χ4n) is 1.75. The molecule has 0 saturated carbocycles. The van der Waals surface area contributed by atoms with E-state index in [-0.39, 0.29) is 5.12 Å². The average Bonchev–Trinajstić information content (AvgIpc) is 2.79. The second-order valence-electron chi connectivity index (χ2n) is 3.81. The van der Waals surface area contributed by atoms with E-state index in [1.807, 2.05) is 25.1 Å². The quantitative estimate of drug-likeness (QED) is 0.798. The number of hydrogen-bond acceptors (Lipinski definition) is 6. The smallest absolute Gasteiger partial charge is 0.244 e. The van der Waals surface area contributed by atoms with Crippen molar-refractivity contribution in [3.05, 3.63) is 29.5 Å². The average molecular weight is 309 g/mol. The maximum Gasteiger partial charge on any atom is 0.244 e. The third-order valence-corrected chi connectivity index (χ3v) is 4.49. The Morgan fingerprint density at radius 3 is 2.80 bits per heavy atom. The van der Waals surface area contributed by atoms with Gasteiger partial charge in [-0.25, -0.2) is 4.99 Å². The van der Waals surface area contributed by atoms with E-state index in [4.69, 9.17) is 9.47 Å². The Bertz CT molecular complexity index is 582. The molecule has 4 nitrogen and oxygen atoms in total. The summed E-state index contributed by atoms with van der Waals surface area (Å²) in [7, 11) is 3.16. The zero-order chi connectivity index (χ0) is 14.5. The van der Waals surface area contributed by atoms with Gasteiger partial charge in [-0.2, -0.15) is 0 Å². The van der Waals surface area contributed by atoms with Crippen molar-refractivity contribution in [1.82, 2.24) is 0 Å². The number of rotatable bonds is 4. The first kappa shape index (κ1) is 15.0. The summed E-state index contributed by atoms with van der Waals surface area (Å²) in [4.78, 5) is 16.3. The molecular formula is C14H15NO3S2. The van der Waals surface area contributed by atoms with Gasteiger partial charge in [0.25, 0.3) is 0 Å². The van der Waals surface area contributed by atoms with Crippen molar-refractivity contribution in [1.29, 1.82) is 0 Å². The summed E-state index contributed by atoms with van der Waals surface area (Å²) >= 11 is 2.74. The van der Waals surface area contributed by atoms with Crippen molar-refractivity contribution in [2.24, 2.45) is 4.99 Å². The Balaban J connectivity index is 2.38. The lowest BCUT2D eigenvalue weighted by Crippen LogP contribution is -1.94. The van der Waals surface area contributed by atoms with Gasteiger partial charge < -0.3 is 9.47 Å². The molecule has 20 heavy (non-hydrogen) atoms. The van der Waals surface area contributed by atoms with Crippen LogP contribution in [0, 0.1) is 0 Å². The molecule has 6 heteroatoms. The molecule has 2 rings (SSSR count). The maximum absolute atomic E-state index is 11.9. The monoisotopic (exact) mass is 309 g/mol. The molecule has 0 aromatic heterocycles. The van der Waals surface area contributed by atoms with E-state index in [9.17, 15) is 4.79 Å². The van der Waals surface area contributed by atoms with Gasteiger partial charge in [-0.3, -0.25) is 4.79 Å². The van der Waals surface area contributed by atoms with Crippen LogP contribution >= 0.6 is 23.5 Å². The minimum Gasteiger partial charge on any atom is -0.493 e. The highest BCUT2D eigenvalue weighted by molar-refractivity contribution is 8.45. The highest BCUT2D eigenvalue weighted by Gasteiger charge is 2.22. The number of thioether (sulfide) groups is 2. The Kier molecular flexibility index (Phi) is 5.14. The molecule has 1 aromatic rings. The Labute approximate surface area is 126 Å². The Morgan fingerprint density at radius 2 is 2.15 bits per heavy atom. The van der Waals surface area contributed by atoms with Crippen molar-refractivity contribution >= 4 is 39.1 Å². The first-order valence-electron chi connectivity index (χ1n) is 6.06. The number of aliphatic imine (C=N–C) groups is 1. The van der Waals surface area contributed by atoms with Gasteiger partial charge in [0.1, 0.15) is 10.1 Å². The van der Waals surface area contributed by atoms with Crippen LogP contribution in [0.3, 0.4) is 0 Å². The van der Waals surface area contributed by atoms with Crippen LogP contribution in [0.4, 0.5) is 0 Å². The second kappa shape index (κ2) is 6.85. The van der Waals surface area contributed by atoms with E-state index >= 15 is 0 Å². The Hall–Kier alpha value is -1.40. The summed E-state index contributed by atoms with van der Waals surface area (Å²) in [5.41, 5.74) is 1.22. The maximum atomic E-state index is 11.9. The van der Waals surface area contributed by atoms with E-state index in [1.54, 1.807) is 32.1 Å². The molecule has 1 heterocycles. The largest absolute Gasteiger partial charge is 0.493 e. The number of ether oxygens (including phenoxy) is 2. The fourth-order valence-corrected chi connectivity index (χ4v) is 3.49. The van der Waals surface area contributed by atoms with Crippen LogP contribution in [-0.4, -0.2) is 29.5 Å². The molecule has 106 valence electrons. The van der Waals surface area contributed by atoms with Gasteiger partial charge in [0, 0.05) is 5.56 Å². The summed E-state index contributed by atoms with van der Waals surface area (Å²) in [6.07, 6.45) is 1.74. The SMILES string of the molecule is CCSC1=N/C(=C/c2cccc(OC)c2OC)C(=O)S1. The molecule has 0 unspecified atom stereocenters. The van der Waals surface area contributed by atoms with Crippen LogP contribution in [0.2, 0.25) is 0 Å². The number of carbonyl (C=O) groups excluding carboxylic acids is 1. The predicted molar refractivity (Wildman–Crippen MR) is 85.7 cm³/mol. The van der Waals surface area contributed by atoms with Gasteiger partial charge >= 0.3 is 0 Å². The molecule has 0 spiro atoms. The summed E-state index contributed by atoms with van der Waals surface area (Å²) < 4.78 is 11.4. The molecule has 1 aliphatic heterocycles. The van der Waals surface area contributed by atoms with Crippen LogP contribution in [0.15, 0.2) is 28.9 Å². The van der Waals surface area contributed by atoms with Gasteiger partial charge in [-0.1, -0.05) is 30.8 Å². The molecule has 0 aliphatic carbocycles. The molecule has 0 saturated heterocycles. The predicted octanol–water partition coefficient (Wildman–Crippen LogP) is 3.43. The zero-order valence-electron chi connectivity index (χ0n) is 11.5. The molecule has 0 fully saturated rings. The van der Waals surface area contributed by atoms with Crippen molar-refractivity contribution in [2.75, 3.05) is 20.0 Å². The van der Waals surface area contributed by atoms with E-state index in [0.29, 0.717) is 17.2 Å². The first-order chi connectivity index (χ1) is 9.69. The molecule has 0 radical (unpaired) electrons. The minimum atomic E-state index is -0.0363. The second-order valence-corrected chi connectivity index (χ2v) is 6.29. The standard InChI is InChI=1S/C14H15NO3S2/c1-4-19-14-15-10(13(16)20-14)8-9-6-5-7-11(17-2)12(9)18-3/h5-8H,4H2,1-3H3/b10-8+. The topological polar surface area (TPSA) is 47.9 Å². The van der Waals surface area contributed by atoms with Gasteiger partial charge in [-0.05, 0) is 29.7 Å². The lowest BCUT2D eigenvalue weighted by Gasteiger charge is -2.09. The Morgan fingerprint density at radius 1 is 1.35 bits per heavy atom. The number of nitrogens with zero attached hydrogens (tertiary/aromatic N) is 1. The molecule has 0 amide bonds. The van der Waals surface area contributed by atoms with E-state index in [0.717, 1.165) is 15.7 Å². The number of methoxy groups -OCH3 is 2. The van der Waals surface area contributed by atoms with E-state index < -0.39 is 0 Å². The van der Waals surface area contributed by atoms with Crippen LogP contribution < -0.4 is 9.47 Å². The highest BCUT2D eigenvalue weighted by atomic mass is 32.2. The lowest BCUT2D eigenvalue weighted by molar-refractivity contribution is -0.107. The van der Waals surface area contributed by atoms with Crippen LogP contribution in [0.1, 0.15) is 12.5 Å². The first-order valence-corrected chi connectivity index (χ1v) is 7.86. The van der Waals surface area contributed by atoms with Gasteiger partial charge in [0.15, 0.2) is 11.5 Å². The van der Waals surface area contributed by atoms with Crippen molar-refractivity contribution in [3.8, 4) is 11.5 Å². The minimum absolute atomic E-state index is 0.0363. The van der Waals surface area contributed by atoms with Crippen molar-refractivity contribution in [2.45, 2.75) is 6.92 Å². The summed E-state index contributed by atoms with van der Waals surface area (Å²) in [6.45, 7) is 2.03. The molecule has 1 aromatic carbocycles. The van der Waals surface area contributed by atoms with Crippen molar-refractivity contribution < 1.29 is 14.3 Å². The lowest BCUT2D eigenvalue weighted by atomic mass is 10.1. The van der Waals surface area contributed by atoms with E-state index in [1.165, 1.54) is 11.8 Å². The normalized spacial score (nSPS) is 16.4. The fraction of sp³-hybridized carbons (Fsp3) is 0.286. The van der Waals surface area contributed by atoms with Crippen LogP contribution in [-0.2, 0) is 4.79 Å². The molecule has 1 aliphatic rings. The van der Waals surface area contributed by atoms with Crippen molar-refractivity contribution in [3.63, 3.8) is 0 Å². The molecule has 0 bridgehead atoms. The van der Waals surface area contributed by atoms with E-state index in [2.05, 4.69) is 4.99 Å². The number of para-hydroxylation sites is 1. The van der Waals surface area contributed by atoms with Crippen LogP contribution in [0.5, 0.6) is 11.5 Å². The van der Waals surface area contributed by atoms with Gasteiger partial charge in [-0.15, -0.1) is 0 Å². The third kappa shape index (κ3) is 3.19. The zero-order valence-corrected chi connectivity index (χ0v) is 13.1. The third-order valence-electron chi connectivity index (χ3n) is 2.59. The summed E-state index contributed by atoms with van der Waals surface area (Å²) in [5, 5.41) is -0.0363. The number of hydrogen-bond donors (Lipinski definition) is 0. The number of carbonyl (C=O) groups is 1.